The summed E-state index contributed by atoms with van der Waals surface area (Å²) in [5.41, 5.74) is 4.04. The molecule has 0 bridgehead atoms. The van der Waals surface area contributed by atoms with Crippen LogP contribution in [0.4, 0.5) is 0 Å². The smallest absolute Gasteiger partial charge is 0.275 e. The first-order valence-electron chi connectivity index (χ1n) is 31.1. The molecule has 20 heteroatoms. The third kappa shape index (κ3) is 14.6. The van der Waals surface area contributed by atoms with Gasteiger partial charge in [-0.05, 0) is 75.3 Å². The molecule has 18 nitrogen and oxygen atoms in total. The number of piperazine rings is 2. The van der Waals surface area contributed by atoms with Crippen LogP contribution in [0.2, 0.25) is 0 Å². The SMILES string of the molecule is O=C(c1ncn([C@@H]2CCCC[C@@]2(O)COC2CCS(=O)(=O)CC2)c1-c1ccccc1)N1CCNC[C@H]1Cc1ccccc1.O=C(c1ncn([C@H]2CCCC[C@]2(O)COC2CCS(=O)(=O)CC2)c1-c1ccccc1)N1CCNC[C@H]1Cc1ccccc1. The maximum Gasteiger partial charge on any atom is 0.275 e. The van der Waals surface area contributed by atoms with Crippen molar-refractivity contribution in [3.8, 4) is 22.5 Å². The lowest BCUT2D eigenvalue weighted by atomic mass is 9.80. The number of imidazole rings is 2. The van der Waals surface area contributed by atoms with E-state index in [0.717, 1.165) is 87.0 Å². The molecule has 6 heterocycles. The van der Waals surface area contributed by atoms with Gasteiger partial charge in [0.1, 0.15) is 11.2 Å². The van der Waals surface area contributed by atoms with E-state index in [1.165, 1.54) is 11.1 Å². The van der Waals surface area contributed by atoms with Gasteiger partial charge in [0.2, 0.25) is 0 Å². The first-order chi connectivity index (χ1) is 41.7. The molecule has 0 radical (unpaired) electrons. The molecule has 2 saturated carbocycles. The highest BCUT2D eigenvalue weighted by molar-refractivity contribution is 7.91. The molecular weight excluding hydrogens is 1130 g/mol. The van der Waals surface area contributed by atoms with Crippen molar-refractivity contribution in [1.29, 1.82) is 0 Å². The molecule has 6 fully saturated rings. The summed E-state index contributed by atoms with van der Waals surface area (Å²) in [6.45, 7) is 4.30. The number of sulfone groups is 2. The molecule has 0 spiro atoms. The van der Waals surface area contributed by atoms with E-state index in [1.54, 1.807) is 12.7 Å². The zero-order valence-electron chi connectivity index (χ0n) is 49.2. The molecule has 0 unspecified atom stereocenters. The quantitative estimate of drug-likeness (QED) is 0.0747. The highest BCUT2D eigenvalue weighted by Crippen LogP contribution is 2.44. The average molecular weight is 1210 g/mol. The van der Waals surface area contributed by atoms with Crippen LogP contribution in [0.5, 0.6) is 0 Å². The highest BCUT2D eigenvalue weighted by Gasteiger charge is 2.46. The molecule has 4 aromatic carbocycles. The van der Waals surface area contributed by atoms with Gasteiger partial charge in [0.25, 0.3) is 11.8 Å². The molecule has 6 aliphatic rings. The minimum absolute atomic E-state index is 0.00301. The Morgan fingerprint density at radius 1 is 0.512 bits per heavy atom. The summed E-state index contributed by atoms with van der Waals surface area (Å²) in [7, 11) is -5.99. The number of hydrogen-bond acceptors (Lipinski definition) is 14. The summed E-state index contributed by atoms with van der Waals surface area (Å²) in [5, 5.41) is 31.1. The minimum atomic E-state index is -3.00. The lowest BCUT2D eigenvalue weighted by Crippen LogP contribution is -2.54. The van der Waals surface area contributed by atoms with E-state index in [0.29, 0.717) is 76.1 Å². The van der Waals surface area contributed by atoms with Crippen LogP contribution in [0.15, 0.2) is 134 Å². The van der Waals surface area contributed by atoms with Crippen molar-refractivity contribution in [3.63, 3.8) is 0 Å². The second-order valence-corrected chi connectivity index (χ2v) is 29.2. The monoisotopic (exact) mass is 1210 g/mol. The molecular formula is C66H84N8O10S2. The number of ether oxygens (including phenoxy) is 2. The molecule has 2 aromatic heterocycles. The topological polar surface area (TPSA) is 228 Å². The van der Waals surface area contributed by atoms with Crippen LogP contribution in [-0.2, 0) is 42.0 Å². The van der Waals surface area contributed by atoms with E-state index in [-0.39, 0.29) is 84.4 Å². The number of carbonyl (C=O) groups is 2. The zero-order valence-corrected chi connectivity index (χ0v) is 50.8. The first kappa shape index (κ1) is 61.5. The van der Waals surface area contributed by atoms with Gasteiger partial charge in [-0.2, -0.15) is 0 Å². The summed E-state index contributed by atoms with van der Waals surface area (Å²) in [6.07, 6.45) is 12.6. The summed E-state index contributed by atoms with van der Waals surface area (Å²) in [4.78, 5) is 42.1. The van der Waals surface area contributed by atoms with E-state index >= 15 is 0 Å². The summed E-state index contributed by atoms with van der Waals surface area (Å²) in [5.74, 6) is 0.312. The molecule has 86 heavy (non-hydrogen) atoms. The first-order valence-corrected chi connectivity index (χ1v) is 34.7. The van der Waals surface area contributed by atoms with Crippen LogP contribution >= 0.6 is 0 Å². The molecule has 6 atom stereocenters. The molecule has 2 amide bonds. The highest BCUT2D eigenvalue weighted by atomic mass is 32.2. The third-order valence-electron chi connectivity index (χ3n) is 18.7. The Hall–Kier alpha value is -6.10. The number of carbonyl (C=O) groups excluding carboxylic acids is 2. The molecule has 6 aromatic rings. The number of nitrogens with one attached hydrogen (secondary N) is 2. The van der Waals surface area contributed by atoms with Gasteiger partial charge in [-0.15, -0.1) is 0 Å². The molecule has 4 saturated heterocycles. The van der Waals surface area contributed by atoms with Crippen LogP contribution in [0, 0.1) is 0 Å². The second kappa shape index (κ2) is 27.5. The van der Waals surface area contributed by atoms with Crippen molar-refractivity contribution in [2.24, 2.45) is 0 Å². The Morgan fingerprint density at radius 3 is 1.24 bits per heavy atom. The van der Waals surface area contributed by atoms with Crippen LogP contribution in [0.25, 0.3) is 22.5 Å². The lowest BCUT2D eigenvalue weighted by molar-refractivity contribution is -0.118. The Labute approximate surface area is 506 Å². The van der Waals surface area contributed by atoms with E-state index < -0.39 is 30.9 Å². The number of aliphatic hydroxyl groups is 2. The van der Waals surface area contributed by atoms with Crippen LogP contribution < -0.4 is 10.6 Å². The fourth-order valence-corrected chi connectivity index (χ4v) is 16.8. The maximum atomic E-state index is 14.3. The number of amides is 2. The average Bonchev–Trinajstić information content (AvgIpc) is 4.14. The standard InChI is InChI=1S/2C33H42N4O5S/c2*38-32(36-18-17-34-22-27(36)21-25-9-3-1-4-10-25)30-31(26-11-5-2-6-12-26)37(24-35-30)29-13-7-8-16-33(29,39)23-42-28-14-19-43(40,41)20-15-28/h2*1-6,9-12,24,27-29,34,39H,7-8,13-23H2/t27-,29+,33+;27-,29-,33-/m11/s1. The van der Waals surface area contributed by atoms with Crippen LogP contribution in [-0.4, -0.2) is 179 Å². The van der Waals surface area contributed by atoms with Gasteiger partial charge in [0.15, 0.2) is 31.1 Å². The largest absolute Gasteiger partial charge is 0.385 e. The van der Waals surface area contributed by atoms with Gasteiger partial charge < -0.3 is 49.3 Å². The Balaban J connectivity index is 0.000000179. The van der Waals surface area contributed by atoms with Crippen molar-refractivity contribution < 1.29 is 46.1 Å². The van der Waals surface area contributed by atoms with E-state index in [1.807, 2.05) is 116 Å². The fourth-order valence-electron chi connectivity index (χ4n) is 13.9. The fraction of sp³-hybridized carbons (Fsp3) is 0.515. The Morgan fingerprint density at radius 2 is 0.872 bits per heavy atom. The van der Waals surface area contributed by atoms with E-state index in [9.17, 15) is 36.6 Å². The Kier molecular flexibility index (Phi) is 19.7. The van der Waals surface area contributed by atoms with Crippen molar-refractivity contribution in [1.82, 2.24) is 39.5 Å². The van der Waals surface area contributed by atoms with Gasteiger partial charge in [0.05, 0.1) is 84.6 Å². The second-order valence-electron chi connectivity index (χ2n) is 24.6. The molecule has 460 valence electrons. The molecule has 4 aliphatic heterocycles. The van der Waals surface area contributed by atoms with Gasteiger partial charge in [0, 0.05) is 62.5 Å². The summed E-state index contributed by atoms with van der Waals surface area (Å²) < 4.78 is 64.1. The zero-order chi connectivity index (χ0) is 59.7. The molecule has 4 N–H and O–H groups in total. The third-order valence-corrected chi connectivity index (χ3v) is 22.1. The van der Waals surface area contributed by atoms with Gasteiger partial charge >= 0.3 is 0 Å². The molecule has 2 aliphatic carbocycles. The number of hydrogen-bond donors (Lipinski definition) is 4. The lowest BCUT2D eigenvalue weighted by Gasteiger charge is -2.42. The number of rotatable bonds is 16. The Bertz CT molecular complexity index is 3190. The normalized spacial score (nSPS) is 26.3. The maximum absolute atomic E-state index is 14.3. The van der Waals surface area contributed by atoms with Crippen LogP contribution in [0.1, 0.15) is 121 Å². The number of nitrogens with zero attached hydrogens (tertiary/aromatic N) is 6. The van der Waals surface area contributed by atoms with Crippen molar-refractivity contribution >= 4 is 31.5 Å². The summed E-state index contributed by atoms with van der Waals surface area (Å²) >= 11 is 0. The summed E-state index contributed by atoms with van der Waals surface area (Å²) in [6, 6.07) is 39.5. The van der Waals surface area contributed by atoms with Gasteiger partial charge in [-0.3, -0.25) is 9.59 Å². The molecule has 12 rings (SSSR count). The van der Waals surface area contributed by atoms with E-state index in [4.69, 9.17) is 19.4 Å². The predicted molar refractivity (Wildman–Crippen MR) is 331 cm³/mol. The van der Waals surface area contributed by atoms with Crippen LogP contribution in [0.3, 0.4) is 0 Å². The van der Waals surface area contributed by atoms with Crippen molar-refractivity contribution in [3.05, 3.63) is 156 Å². The minimum Gasteiger partial charge on any atom is -0.385 e. The van der Waals surface area contributed by atoms with Crippen molar-refractivity contribution in [2.75, 3.05) is 75.5 Å². The van der Waals surface area contributed by atoms with Crippen molar-refractivity contribution in [2.45, 2.75) is 137 Å². The van der Waals surface area contributed by atoms with E-state index in [2.05, 4.69) is 34.9 Å². The predicted octanol–water partition coefficient (Wildman–Crippen LogP) is 7.29. The van der Waals surface area contributed by atoms with Gasteiger partial charge in [-0.25, -0.2) is 26.8 Å². The number of benzene rings is 4. The number of aromatic nitrogens is 4. The van der Waals surface area contributed by atoms with Gasteiger partial charge in [-0.1, -0.05) is 147 Å².